The molecule has 2 aromatic rings. The third kappa shape index (κ3) is 5.67. The molecule has 5 rings (SSSR count). The zero-order chi connectivity index (χ0) is 25.5. The van der Waals surface area contributed by atoms with Crippen molar-refractivity contribution < 1.29 is 27.8 Å². The van der Waals surface area contributed by atoms with Gasteiger partial charge in [0.15, 0.2) is 0 Å². The van der Waals surface area contributed by atoms with Crippen molar-refractivity contribution in [1.82, 2.24) is 9.88 Å². The summed E-state index contributed by atoms with van der Waals surface area (Å²) < 4.78 is 44.1. The average molecular weight is 508 g/mol. The monoisotopic (exact) mass is 507 g/mol. The Morgan fingerprint density at radius 1 is 1.22 bits per heavy atom. The number of aliphatic hydroxyl groups excluding tert-OH is 1. The van der Waals surface area contributed by atoms with Gasteiger partial charge in [0.25, 0.3) is 0 Å². The molecule has 1 aliphatic heterocycles. The first-order valence-electron chi connectivity index (χ1n) is 13.1. The number of aliphatic hydroxyl groups is 1. The number of aromatic amines is 1. The molecule has 1 amide bonds. The van der Waals surface area contributed by atoms with Gasteiger partial charge in [-0.05, 0) is 80.9 Å². The molecular formula is C27H36F3N3O3. The average Bonchev–Trinajstić information content (AvgIpc) is 3.48. The number of ether oxygens (including phenoxy) is 1. The minimum Gasteiger partial charge on any atom is -0.494 e. The molecule has 198 valence electrons. The van der Waals surface area contributed by atoms with E-state index in [2.05, 4.69) is 10.3 Å². The number of fused-ring (bicyclic) bond motifs is 2. The lowest BCUT2D eigenvalue weighted by Crippen LogP contribution is -2.38. The largest absolute Gasteiger partial charge is 0.494 e. The van der Waals surface area contributed by atoms with Crippen molar-refractivity contribution in [3.8, 4) is 5.75 Å². The number of rotatable bonds is 7. The Kier molecular flexibility index (Phi) is 6.98. The normalized spacial score (nSPS) is 31.0. The van der Waals surface area contributed by atoms with Gasteiger partial charge in [-0.25, -0.2) is 0 Å². The molecule has 1 aromatic carbocycles. The molecule has 3 N–H and O–H groups in total. The number of alkyl halides is 3. The Bertz CT molecular complexity index is 1060. The van der Waals surface area contributed by atoms with Gasteiger partial charge in [-0.1, -0.05) is 6.92 Å². The van der Waals surface area contributed by atoms with Crippen LogP contribution in [0.4, 0.5) is 18.9 Å². The highest BCUT2D eigenvalue weighted by Crippen LogP contribution is 2.43. The summed E-state index contributed by atoms with van der Waals surface area (Å²) in [6, 6.07) is 5.79. The summed E-state index contributed by atoms with van der Waals surface area (Å²) in [5.74, 6) is 1.94. The second-order valence-electron chi connectivity index (χ2n) is 11.5. The van der Waals surface area contributed by atoms with Crippen LogP contribution < -0.4 is 10.1 Å². The maximum absolute atomic E-state index is 13.0. The Labute approximate surface area is 209 Å². The van der Waals surface area contributed by atoms with Crippen LogP contribution in [0.5, 0.6) is 5.75 Å². The van der Waals surface area contributed by atoms with Gasteiger partial charge in [-0.2, -0.15) is 13.2 Å². The highest BCUT2D eigenvalue weighted by atomic mass is 19.4. The minimum absolute atomic E-state index is 0.0257. The Morgan fingerprint density at radius 3 is 2.58 bits per heavy atom. The van der Waals surface area contributed by atoms with Crippen LogP contribution in [0.15, 0.2) is 24.4 Å². The summed E-state index contributed by atoms with van der Waals surface area (Å²) in [5, 5.41) is 13.8. The quantitative estimate of drug-likeness (QED) is 0.473. The zero-order valence-corrected chi connectivity index (χ0v) is 20.7. The first-order valence-corrected chi connectivity index (χ1v) is 13.1. The van der Waals surface area contributed by atoms with Crippen LogP contribution in [0.3, 0.4) is 0 Å². The van der Waals surface area contributed by atoms with Crippen LogP contribution in [0.25, 0.3) is 10.9 Å². The summed E-state index contributed by atoms with van der Waals surface area (Å²) in [6.45, 7) is 2.84. The van der Waals surface area contributed by atoms with Crippen molar-refractivity contribution in [1.29, 1.82) is 0 Å². The number of H-pyrrole nitrogens is 1. The third-order valence-electron chi connectivity index (χ3n) is 8.63. The van der Waals surface area contributed by atoms with E-state index in [-0.39, 0.29) is 12.0 Å². The van der Waals surface area contributed by atoms with E-state index in [1.807, 2.05) is 25.1 Å². The number of carbonyl (C=O) groups is 1. The molecule has 0 unspecified atom stereocenters. The molecule has 36 heavy (non-hydrogen) atoms. The molecule has 1 aromatic heterocycles. The van der Waals surface area contributed by atoms with Crippen LogP contribution in [0, 0.1) is 23.2 Å². The number of nitrogens with one attached hydrogen (secondary N) is 2. The van der Waals surface area contributed by atoms with Gasteiger partial charge in [0.05, 0.1) is 24.9 Å². The minimum atomic E-state index is -4.12. The molecule has 2 aliphatic carbocycles. The van der Waals surface area contributed by atoms with E-state index in [0.717, 1.165) is 41.6 Å². The molecule has 2 saturated carbocycles. The highest BCUT2D eigenvalue weighted by Gasteiger charge is 2.43. The lowest BCUT2D eigenvalue weighted by molar-refractivity contribution is -0.144. The van der Waals surface area contributed by atoms with Crippen molar-refractivity contribution in [3.05, 3.63) is 24.4 Å². The number of hydrogen-bond donors (Lipinski definition) is 3. The van der Waals surface area contributed by atoms with E-state index >= 15 is 0 Å². The summed E-state index contributed by atoms with van der Waals surface area (Å²) in [5.41, 5.74) is 1.15. The second-order valence-corrected chi connectivity index (χ2v) is 11.5. The summed E-state index contributed by atoms with van der Waals surface area (Å²) in [7, 11) is 0. The van der Waals surface area contributed by atoms with Crippen LogP contribution >= 0.6 is 0 Å². The fraction of sp³-hybridized carbons (Fsp3) is 0.667. The van der Waals surface area contributed by atoms with Gasteiger partial charge in [-0.3, -0.25) is 9.69 Å². The molecule has 6 nitrogen and oxygen atoms in total. The van der Waals surface area contributed by atoms with Gasteiger partial charge >= 0.3 is 6.18 Å². The molecule has 3 aliphatic rings. The summed E-state index contributed by atoms with van der Waals surface area (Å²) in [4.78, 5) is 17.8. The van der Waals surface area contributed by atoms with Crippen molar-refractivity contribution in [2.75, 3.05) is 31.6 Å². The molecule has 2 heterocycles. The second kappa shape index (κ2) is 9.89. The first-order chi connectivity index (χ1) is 17.1. The fourth-order valence-electron chi connectivity index (χ4n) is 6.52. The number of halogens is 3. The van der Waals surface area contributed by atoms with Gasteiger partial charge in [0, 0.05) is 35.6 Å². The van der Waals surface area contributed by atoms with Crippen molar-refractivity contribution in [3.63, 3.8) is 0 Å². The molecule has 3 fully saturated rings. The van der Waals surface area contributed by atoms with E-state index in [0.29, 0.717) is 63.1 Å². The predicted octanol–water partition coefficient (Wildman–Crippen LogP) is 5.34. The number of nitrogens with zero attached hydrogens (tertiary/aromatic N) is 1. The van der Waals surface area contributed by atoms with Gasteiger partial charge in [0.2, 0.25) is 5.91 Å². The topological polar surface area (TPSA) is 77.6 Å². The van der Waals surface area contributed by atoms with Crippen molar-refractivity contribution in [2.45, 2.75) is 64.1 Å². The molecule has 9 heteroatoms. The summed E-state index contributed by atoms with van der Waals surface area (Å²) in [6.07, 6.45) is 2.83. The number of hydrogen-bond acceptors (Lipinski definition) is 4. The maximum Gasteiger partial charge on any atom is 0.401 e. The first kappa shape index (κ1) is 25.4. The Morgan fingerprint density at radius 2 is 1.92 bits per heavy atom. The van der Waals surface area contributed by atoms with E-state index in [9.17, 15) is 23.1 Å². The SMILES string of the molecule is C[C@]1(C(=O)Nc2c[nH]c3ccc(OCC[C@@H]4C[C@@H]5CN(CC(F)(F)F)C[C@@H]5C4)cc23)CC[C@@H](O)CC1. The van der Waals surface area contributed by atoms with Crippen molar-refractivity contribution in [2.24, 2.45) is 23.2 Å². The fourth-order valence-corrected chi connectivity index (χ4v) is 6.52. The number of carbonyl (C=O) groups excluding carboxylic acids is 1. The number of likely N-dealkylation sites (tertiary alicyclic amines) is 1. The van der Waals surface area contributed by atoms with Crippen LogP contribution in [-0.2, 0) is 4.79 Å². The van der Waals surface area contributed by atoms with Gasteiger partial charge in [-0.15, -0.1) is 0 Å². The molecule has 0 bridgehead atoms. The van der Waals surface area contributed by atoms with E-state index in [4.69, 9.17) is 4.74 Å². The number of aromatic nitrogens is 1. The maximum atomic E-state index is 13.0. The van der Waals surface area contributed by atoms with Crippen LogP contribution in [0.1, 0.15) is 51.9 Å². The van der Waals surface area contributed by atoms with E-state index in [1.165, 1.54) is 0 Å². The number of amides is 1. The number of anilines is 1. The smallest absolute Gasteiger partial charge is 0.401 e. The lowest BCUT2D eigenvalue weighted by Gasteiger charge is -2.34. The van der Waals surface area contributed by atoms with Crippen molar-refractivity contribution >= 4 is 22.5 Å². The Balaban J connectivity index is 1.12. The van der Waals surface area contributed by atoms with E-state index < -0.39 is 18.1 Å². The third-order valence-corrected chi connectivity index (χ3v) is 8.63. The van der Waals surface area contributed by atoms with E-state index in [1.54, 1.807) is 11.1 Å². The molecule has 1 saturated heterocycles. The highest BCUT2D eigenvalue weighted by molar-refractivity contribution is 6.03. The van der Waals surface area contributed by atoms with Crippen LogP contribution in [0.2, 0.25) is 0 Å². The number of benzene rings is 1. The van der Waals surface area contributed by atoms with Gasteiger partial charge < -0.3 is 20.1 Å². The standard InChI is InChI=1S/C27H36F3N3O3/c1-26(7-4-20(34)5-8-26)25(35)32-24-13-31-23-3-2-21(12-22(23)24)36-9-6-17-10-18-14-33(15-19(18)11-17)16-27(28,29)30/h2-3,12-13,17-20,31,34H,4-11,14-16H2,1H3,(H,32,35)/t17-,18-,19+,20-,26+. The molecular weight excluding hydrogens is 471 g/mol. The summed E-state index contributed by atoms with van der Waals surface area (Å²) >= 11 is 0. The molecule has 0 radical (unpaired) electrons. The van der Waals surface area contributed by atoms with Crippen LogP contribution in [-0.4, -0.2) is 59.4 Å². The zero-order valence-electron chi connectivity index (χ0n) is 20.7. The predicted molar refractivity (Wildman–Crippen MR) is 132 cm³/mol. The lowest BCUT2D eigenvalue weighted by atomic mass is 9.74. The Hall–Kier alpha value is -2.26. The molecule has 3 atom stereocenters. The van der Waals surface area contributed by atoms with Gasteiger partial charge in [0.1, 0.15) is 5.75 Å². The molecule has 0 spiro atoms.